The van der Waals surface area contributed by atoms with Crippen LogP contribution in [0.25, 0.3) is 6.08 Å². The molecule has 1 atom stereocenters. The minimum Gasteiger partial charge on any atom is -0.493 e. The fourth-order valence-corrected chi connectivity index (χ4v) is 3.38. The van der Waals surface area contributed by atoms with E-state index in [0.29, 0.717) is 17.2 Å². The van der Waals surface area contributed by atoms with Crippen molar-refractivity contribution in [3.05, 3.63) is 23.8 Å². The van der Waals surface area contributed by atoms with Crippen molar-refractivity contribution in [1.82, 2.24) is 4.90 Å². The number of thioether (sulfide) groups is 1. The second-order valence-corrected chi connectivity index (χ2v) is 6.22. The first kappa shape index (κ1) is 16.5. The molecule has 0 spiro atoms. The van der Waals surface area contributed by atoms with Gasteiger partial charge >= 0.3 is 0 Å². The topological polar surface area (TPSA) is 48.0 Å². The molecule has 1 aromatic rings. The Labute approximate surface area is 135 Å². The van der Waals surface area contributed by atoms with Crippen molar-refractivity contribution in [2.24, 2.45) is 0 Å². The molecule has 1 saturated heterocycles. The quantitative estimate of drug-likeness (QED) is 0.780. The average molecular weight is 323 g/mol. The van der Waals surface area contributed by atoms with Crippen molar-refractivity contribution < 1.29 is 19.0 Å². The standard InChI is InChI=1S/C16H21NO4S/c1-11-17(7-8-22-11)15(18)6-5-12-9-13(19-2)16(21-4)14(10-12)20-3/h5-6,9-11H,7-8H2,1-4H3/b6-5+. The lowest BCUT2D eigenvalue weighted by Gasteiger charge is -2.18. The number of methoxy groups -OCH3 is 3. The average Bonchev–Trinajstić information content (AvgIpc) is 2.97. The summed E-state index contributed by atoms with van der Waals surface area (Å²) in [5, 5.41) is 0.233. The molecule has 0 saturated carbocycles. The number of carbonyl (C=O) groups excluding carboxylic acids is 1. The monoisotopic (exact) mass is 323 g/mol. The third kappa shape index (κ3) is 3.50. The SMILES string of the molecule is COc1cc(/C=C/C(=O)N2CCSC2C)cc(OC)c1OC. The summed E-state index contributed by atoms with van der Waals surface area (Å²) in [5.74, 6) is 2.69. The summed E-state index contributed by atoms with van der Waals surface area (Å²) in [6.07, 6.45) is 3.35. The Hall–Kier alpha value is -1.82. The number of amides is 1. The van der Waals surface area contributed by atoms with Crippen LogP contribution in [0.2, 0.25) is 0 Å². The van der Waals surface area contributed by atoms with E-state index in [1.54, 1.807) is 45.2 Å². The van der Waals surface area contributed by atoms with Gasteiger partial charge in [0.05, 0.1) is 26.7 Å². The number of hydrogen-bond acceptors (Lipinski definition) is 5. The molecular formula is C16H21NO4S. The smallest absolute Gasteiger partial charge is 0.247 e. The number of rotatable bonds is 5. The summed E-state index contributed by atoms with van der Waals surface area (Å²) in [4.78, 5) is 14.1. The first-order valence-corrected chi connectivity index (χ1v) is 8.06. The van der Waals surface area contributed by atoms with Crippen molar-refractivity contribution >= 4 is 23.7 Å². The third-order valence-corrected chi connectivity index (χ3v) is 4.67. The number of nitrogens with zero attached hydrogens (tertiary/aromatic N) is 1. The molecule has 1 amide bonds. The predicted octanol–water partition coefficient (Wildman–Crippen LogP) is 2.65. The van der Waals surface area contributed by atoms with Gasteiger partial charge in [-0.05, 0) is 30.7 Å². The molecule has 6 heteroatoms. The molecule has 0 N–H and O–H groups in total. The van der Waals surface area contributed by atoms with Crippen LogP contribution in [0, 0.1) is 0 Å². The highest BCUT2D eigenvalue weighted by Crippen LogP contribution is 2.38. The zero-order valence-corrected chi connectivity index (χ0v) is 14.1. The molecule has 0 bridgehead atoms. The van der Waals surface area contributed by atoms with E-state index in [9.17, 15) is 4.79 Å². The summed E-state index contributed by atoms with van der Waals surface area (Å²) in [5.41, 5.74) is 0.822. The van der Waals surface area contributed by atoms with Gasteiger partial charge in [-0.2, -0.15) is 0 Å². The van der Waals surface area contributed by atoms with Crippen LogP contribution < -0.4 is 14.2 Å². The summed E-state index contributed by atoms with van der Waals surface area (Å²) in [7, 11) is 4.70. The lowest BCUT2D eigenvalue weighted by atomic mass is 10.1. The lowest BCUT2D eigenvalue weighted by molar-refractivity contribution is -0.125. The summed E-state index contributed by atoms with van der Waals surface area (Å²) in [6, 6.07) is 3.63. The van der Waals surface area contributed by atoms with Crippen molar-refractivity contribution in [2.75, 3.05) is 33.6 Å². The minimum atomic E-state index is 0.0197. The number of carbonyl (C=O) groups is 1. The molecule has 0 radical (unpaired) electrons. The highest BCUT2D eigenvalue weighted by Gasteiger charge is 2.23. The van der Waals surface area contributed by atoms with Crippen molar-refractivity contribution in [2.45, 2.75) is 12.3 Å². The lowest BCUT2D eigenvalue weighted by Crippen LogP contribution is -2.31. The second kappa shape index (κ2) is 7.45. The maximum atomic E-state index is 12.2. The molecule has 1 aliphatic rings. The van der Waals surface area contributed by atoms with E-state index in [1.807, 2.05) is 24.0 Å². The van der Waals surface area contributed by atoms with Gasteiger partial charge in [-0.3, -0.25) is 4.79 Å². The summed E-state index contributed by atoms with van der Waals surface area (Å²) >= 11 is 1.79. The fraction of sp³-hybridized carbons (Fsp3) is 0.438. The zero-order valence-electron chi connectivity index (χ0n) is 13.3. The molecular weight excluding hydrogens is 302 g/mol. The van der Waals surface area contributed by atoms with Crippen LogP contribution in [-0.2, 0) is 4.79 Å². The summed E-state index contributed by atoms with van der Waals surface area (Å²) < 4.78 is 15.9. The van der Waals surface area contributed by atoms with E-state index < -0.39 is 0 Å². The van der Waals surface area contributed by atoms with Gasteiger partial charge in [-0.25, -0.2) is 0 Å². The Kier molecular flexibility index (Phi) is 5.60. The van der Waals surface area contributed by atoms with Gasteiger partial charge in [-0.1, -0.05) is 0 Å². The van der Waals surface area contributed by atoms with Crippen LogP contribution in [-0.4, -0.2) is 49.8 Å². The van der Waals surface area contributed by atoms with Gasteiger partial charge < -0.3 is 19.1 Å². The molecule has 1 aliphatic heterocycles. The number of ether oxygens (including phenoxy) is 3. The Bertz CT molecular complexity index is 548. The molecule has 1 fully saturated rings. The van der Waals surface area contributed by atoms with Crippen LogP contribution in [0.15, 0.2) is 18.2 Å². The van der Waals surface area contributed by atoms with E-state index in [-0.39, 0.29) is 11.3 Å². The van der Waals surface area contributed by atoms with E-state index in [0.717, 1.165) is 17.9 Å². The first-order valence-electron chi connectivity index (χ1n) is 7.01. The van der Waals surface area contributed by atoms with E-state index >= 15 is 0 Å². The normalized spacial score (nSPS) is 17.8. The molecule has 1 heterocycles. The molecule has 2 rings (SSSR count). The second-order valence-electron chi connectivity index (χ2n) is 4.79. The fourth-order valence-electron chi connectivity index (χ4n) is 2.34. The molecule has 22 heavy (non-hydrogen) atoms. The third-order valence-electron chi connectivity index (χ3n) is 3.52. The van der Waals surface area contributed by atoms with Gasteiger partial charge in [0, 0.05) is 18.4 Å². The molecule has 0 aromatic heterocycles. The van der Waals surface area contributed by atoms with Crippen LogP contribution in [0.4, 0.5) is 0 Å². The first-order chi connectivity index (χ1) is 10.6. The van der Waals surface area contributed by atoms with Crippen molar-refractivity contribution in [3.8, 4) is 17.2 Å². The Morgan fingerprint density at radius 3 is 2.32 bits per heavy atom. The van der Waals surface area contributed by atoms with Crippen LogP contribution >= 0.6 is 11.8 Å². The highest BCUT2D eigenvalue weighted by molar-refractivity contribution is 8.00. The van der Waals surface area contributed by atoms with Crippen molar-refractivity contribution in [1.29, 1.82) is 0 Å². The van der Waals surface area contributed by atoms with Gasteiger partial charge in [-0.15, -0.1) is 11.8 Å². The molecule has 1 unspecified atom stereocenters. The molecule has 120 valence electrons. The van der Waals surface area contributed by atoms with Crippen LogP contribution in [0.1, 0.15) is 12.5 Å². The van der Waals surface area contributed by atoms with E-state index in [4.69, 9.17) is 14.2 Å². The minimum absolute atomic E-state index is 0.0197. The van der Waals surface area contributed by atoms with Gasteiger partial charge in [0.1, 0.15) is 0 Å². The largest absolute Gasteiger partial charge is 0.493 e. The van der Waals surface area contributed by atoms with Gasteiger partial charge in [0.2, 0.25) is 11.7 Å². The molecule has 0 aliphatic carbocycles. The highest BCUT2D eigenvalue weighted by atomic mass is 32.2. The maximum absolute atomic E-state index is 12.2. The van der Waals surface area contributed by atoms with Gasteiger partial charge in [0.15, 0.2) is 11.5 Å². The maximum Gasteiger partial charge on any atom is 0.247 e. The Morgan fingerprint density at radius 2 is 1.86 bits per heavy atom. The molecule has 1 aromatic carbocycles. The Morgan fingerprint density at radius 1 is 1.23 bits per heavy atom. The summed E-state index contributed by atoms with van der Waals surface area (Å²) in [6.45, 7) is 2.84. The Balaban J connectivity index is 2.21. The van der Waals surface area contributed by atoms with Crippen molar-refractivity contribution in [3.63, 3.8) is 0 Å². The number of hydrogen-bond donors (Lipinski definition) is 0. The van der Waals surface area contributed by atoms with E-state index in [2.05, 4.69) is 0 Å². The van der Waals surface area contributed by atoms with E-state index in [1.165, 1.54) is 0 Å². The predicted molar refractivity (Wildman–Crippen MR) is 88.8 cm³/mol. The van der Waals surface area contributed by atoms with Crippen LogP contribution in [0.5, 0.6) is 17.2 Å². The number of benzene rings is 1. The van der Waals surface area contributed by atoms with Crippen LogP contribution in [0.3, 0.4) is 0 Å². The zero-order chi connectivity index (χ0) is 16.1. The van der Waals surface area contributed by atoms with Gasteiger partial charge in [0.25, 0.3) is 0 Å². The molecule has 5 nitrogen and oxygen atoms in total.